The van der Waals surface area contributed by atoms with Crippen LogP contribution in [-0.4, -0.2) is 47.9 Å². The van der Waals surface area contributed by atoms with E-state index in [4.69, 9.17) is 21.1 Å². The lowest BCUT2D eigenvalue weighted by molar-refractivity contribution is -0.140. The molecule has 2 fully saturated rings. The zero-order valence-corrected chi connectivity index (χ0v) is 19.8. The minimum Gasteiger partial charge on any atom is -0.493 e. The third-order valence-electron chi connectivity index (χ3n) is 6.10. The van der Waals surface area contributed by atoms with Gasteiger partial charge in [0, 0.05) is 12.1 Å². The summed E-state index contributed by atoms with van der Waals surface area (Å²) in [6.45, 7) is 6.15. The van der Waals surface area contributed by atoms with E-state index in [2.05, 4.69) is 12.2 Å². The van der Waals surface area contributed by atoms with Crippen LogP contribution in [0.2, 0.25) is 0 Å². The van der Waals surface area contributed by atoms with E-state index >= 15 is 0 Å². The van der Waals surface area contributed by atoms with Gasteiger partial charge < -0.3 is 19.7 Å². The van der Waals surface area contributed by atoms with E-state index in [9.17, 15) is 9.59 Å². The number of alkyl halides is 1. The van der Waals surface area contributed by atoms with Gasteiger partial charge in [-0.1, -0.05) is 13.0 Å². The van der Waals surface area contributed by atoms with E-state index in [-0.39, 0.29) is 35.9 Å². The Labute approximate surface area is 190 Å². The van der Waals surface area contributed by atoms with Crippen molar-refractivity contribution in [3.63, 3.8) is 0 Å². The van der Waals surface area contributed by atoms with Gasteiger partial charge >= 0.3 is 0 Å². The largest absolute Gasteiger partial charge is 0.493 e. The molecular weight excluding hydrogens is 416 g/mol. The number of halogens is 1. The van der Waals surface area contributed by atoms with Crippen LogP contribution in [0.3, 0.4) is 0 Å². The second-order valence-corrected chi connectivity index (χ2v) is 9.38. The third kappa shape index (κ3) is 6.06. The van der Waals surface area contributed by atoms with Gasteiger partial charge in [0.05, 0.1) is 13.2 Å². The molecule has 6 nitrogen and oxygen atoms in total. The summed E-state index contributed by atoms with van der Waals surface area (Å²) in [6.07, 6.45) is 5.93. The monoisotopic (exact) mass is 450 g/mol. The minimum atomic E-state index is -0.736. The molecule has 0 bridgehead atoms. The first-order valence-electron chi connectivity index (χ1n) is 11.4. The summed E-state index contributed by atoms with van der Waals surface area (Å²) >= 11 is 5.94. The minimum absolute atomic E-state index is 0.00618. The highest BCUT2D eigenvalue weighted by Crippen LogP contribution is 2.38. The Morgan fingerprint density at radius 1 is 1.13 bits per heavy atom. The van der Waals surface area contributed by atoms with Crippen molar-refractivity contribution in [2.24, 2.45) is 5.92 Å². The summed E-state index contributed by atoms with van der Waals surface area (Å²) < 4.78 is 11.4. The molecule has 172 valence electrons. The van der Waals surface area contributed by atoms with Crippen molar-refractivity contribution in [3.8, 4) is 11.5 Å². The summed E-state index contributed by atoms with van der Waals surface area (Å²) in [5, 5.41) is 3.22. The number of nitrogens with one attached hydrogen (secondary N) is 1. The number of amides is 2. The zero-order chi connectivity index (χ0) is 22.5. The number of ether oxygens (including phenoxy) is 2. The van der Waals surface area contributed by atoms with Gasteiger partial charge in [-0.05, 0) is 76.0 Å². The smallest absolute Gasteiger partial charge is 0.247 e. The van der Waals surface area contributed by atoms with Crippen molar-refractivity contribution in [2.75, 3.05) is 13.0 Å². The molecule has 1 unspecified atom stereocenters. The van der Waals surface area contributed by atoms with Crippen molar-refractivity contribution >= 4 is 23.4 Å². The predicted molar refractivity (Wildman–Crippen MR) is 122 cm³/mol. The zero-order valence-electron chi connectivity index (χ0n) is 19.0. The number of methoxy groups -OCH3 is 1. The van der Waals surface area contributed by atoms with Crippen molar-refractivity contribution in [3.05, 3.63) is 23.8 Å². The molecule has 2 aliphatic rings. The number of nitrogens with zero attached hydrogens (tertiary/aromatic N) is 1. The van der Waals surface area contributed by atoms with Crippen LogP contribution >= 0.6 is 11.6 Å². The van der Waals surface area contributed by atoms with Crippen molar-refractivity contribution < 1.29 is 19.1 Å². The maximum atomic E-state index is 13.5. The molecule has 0 aliphatic heterocycles. The van der Waals surface area contributed by atoms with Crippen LogP contribution in [-0.2, 0) is 9.59 Å². The molecule has 7 heteroatoms. The van der Waals surface area contributed by atoms with Gasteiger partial charge in [0.25, 0.3) is 0 Å². The molecule has 0 heterocycles. The van der Waals surface area contributed by atoms with E-state index in [0.717, 1.165) is 38.5 Å². The SMILES string of the molecule is COc1cc(C(C(=O)NC2CCC(C)CC2)N(C(=O)CCl)C2CC2)ccc1OC(C)C. The Hall–Kier alpha value is -1.95. The maximum absolute atomic E-state index is 13.5. The standard InChI is InChI=1S/C24H35ClN2O4/c1-15(2)31-20-12-7-17(13-21(20)30-4)23(27(19-10-11-19)22(28)14-25)24(29)26-18-8-5-16(3)6-9-18/h7,12-13,15-16,18-19,23H,5-6,8-11,14H2,1-4H3,(H,26,29). The average Bonchev–Trinajstić information content (AvgIpc) is 3.58. The molecule has 2 amide bonds. The molecule has 0 spiro atoms. The summed E-state index contributed by atoms with van der Waals surface area (Å²) in [7, 11) is 1.58. The van der Waals surface area contributed by atoms with Crippen LogP contribution in [0.5, 0.6) is 11.5 Å². The lowest BCUT2D eigenvalue weighted by Gasteiger charge is -2.34. The number of benzene rings is 1. The molecule has 0 radical (unpaired) electrons. The first-order chi connectivity index (χ1) is 14.8. The normalized spacial score (nSPS) is 22.0. The average molecular weight is 451 g/mol. The molecule has 0 aromatic heterocycles. The number of hydrogen-bond acceptors (Lipinski definition) is 4. The van der Waals surface area contributed by atoms with Gasteiger partial charge in [-0.15, -0.1) is 11.6 Å². The highest BCUT2D eigenvalue weighted by molar-refractivity contribution is 6.27. The summed E-state index contributed by atoms with van der Waals surface area (Å²) in [5.41, 5.74) is 0.708. The molecule has 31 heavy (non-hydrogen) atoms. The second-order valence-electron chi connectivity index (χ2n) is 9.11. The Balaban J connectivity index is 1.91. The second kappa shape index (κ2) is 10.6. The fourth-order valence-corrected chi connectivity index (χ4v) is 4.45. The topological polar surface area (TPSA) is 67.9 Å². The van der Waals surface area contributed by atoms with Crippen LogP contribution in [0, 0.1) is 5.92 Å². The van der Waals surface area contributed by atoms with E-state index in [1.54, 1.807) is 12.0 Å². The molecular formula is C24H35ClN2O4. The van der Waals surface area contributed by atoms with Crippen LogP contribution in [0.15, 0.2) is 18.2 Å². The molecule has 3 rings (SSSR count). The molecule has 0 saturated heterocycles. The van der Waals surface area contributed by atoms with E-state index in [1.165, 1.54) is 0 Å². The van der Waals surface area contributed by atoms with Gasteiger partial charge in [-0.3, -0.25) is 9.59 Å². The number of rotatable bonds is 9. The lowest BCUT2D eigenvalue weighted by atomic mass is 9.87. The maximum Gasteiger partial charge on any atom is 0.247 e. The summed E-state index contributed by atoms with van der Waals surface area (Å²) in [6, 6.07) is 4.92. The van der Waals surface area contributed by atoms with Gasteiger partial charge in [0.1, 0.15) is 11.9 Å². The van der Waals surface area contributed by atoms with E-state index < -0.39 is 6.04 Å². The number of hydrogen-bond donors (Lipinski definition) is 1. The van der Waals surface area contributed by atoms with Crippen molar-refractivity contribution in [1.29, 1.82) is 0 Å². The van der Waals surface area contributed by atoms with Crippen LogP contribution in [0.25, 0.3) is 0 Å². The molecule has 1 atom stereocenters. The summed E-state index contributed by atoms with van der Waals surface area (Å²) in [5.74, 6) is 1.34. The fourth-order valence-electron chi connectivity index (χ4n) is 4.31. The molecule has 1 aromatic rings. The first kappa shape index (κ1) is 23.7. The third-order valence-corrected chi connectivity index (χ3v) is 6.33. The summed E-state index contributed by atoms with van der Waals surface area (Å²) in [4.78, 5) is 28.0. The van der Waals surface area contributed by atoms with E-state index in [0.29, 0.717) is 23.0 Å². The Bertz CT molecular complexity index is 773. The number of carbonyl (C=O) groups is 2. The lowest BCUT2D eigenvalue weighted by Crippen LogP contribution is -2.48. The Morgan fingerprint density at radius 2 is 1.81 bits per heavy atom. The van der Waals surface area contributed by atoms with Gasteiger partial charge in [-0.2, -0.15) is 0 Å². The van der Waals surface area contributed by atoms with Gasteiger partial charge in [-0.25, -0.2) is 0 Å². The van der Waals surface area contributed by atoms with Crippen LogP contribution in [0.1, 0.15) is 70.9 Å². The fraction of sp³-hybridized carbons (Fsp3) is 0.667. The van der Waals surface area contributed by atoms with E-state index in [1.807, 2.05) is 32.0 Å². The highest BCUT2D eigenvalue weighted by atomic mass is 35.5. The Kier molecular flexibility index (Phi) is 8.09. The van der Waals surface area contributed by atoms with Crippen LogP contribution < -0.4 is 14.8 Å². The quantitative estimate of drug-likeness (QED) is 0.564. The van der Waals surface area contributed by atoms with Gasteiger partial charge in [0.2, 0.25) is 11.8 Å². The van der Waals surface area contributed by atoms with Crippen LogP contribution in [0.4, 0.5) is 0 Å². The molecule has 1 aromatic carbocycles. The predicted octanol–water partition coefficient (Wildman–Crippen LogP) is 4.45. The Morgan fingerprint density at radius 3 is 2.35 bits per heavy atom. The molecule has 2 saturated carbocycles. The molecule has 2 aliphatic carbocycles. The molecule has 1 N–H and O–H groups in total. The van der Waals surface area contributed by atoms with Crippen molar-refractivity contribution in [1.82, 2.24) is 10.2 Å². The van der Waals surface area contributed by atoms with Crippen molar-refractivity contribution in [2.45, 2.75) is 83.5 Å². The number of carbonyl (C=O) groups excluding carboxylic acids is 2. The highest BCUT2D eigenvalue weighted by Gasteiger charge is 2.41. The van der Waals surface area contributed by atoms with Gasteiger partial charge in [0.15, 0.2) is 11.5 Å². The first-order valence-corrected chi connectivity index (χ1v) is 11.9.